The summed E-state index contributed by atoms with van der Waals surface area (Å²) >= 11 is 3.36. The highest BCUT2D eigenvalue weighted by molar-refractivity contribution is 9.10. The van der Waals surface area contributed by atoms with Crippen molar-refractivity contribution in [3.63, 3.8) is 0 Å². The number of hydrogen-bond donors (Lipinski definition) is 1. The van der Waals surface area contributed by atoms with Crippen LogP contribution in [0, 0.1) is 6.92 Å². The summed E-state index contributed by atoms with van der Waals surface area (Å²) in [6.07, 6.45) is 0.818. The van der Waals surface area contributed by atoms with Crippen LogP contribution < -0.4 is 4.72 Å². The molecule has 23 heavy (non-hydrogen) atoms. The second-order valence-electron chi connectivity index (χ2n) is 5.49. The van der Waals surface area contributed by atoms with Crippen LogP contribution in [0.25, 0.3) is 0 Å². The summed E-state index contributed by atoms with van der Waals surface area (Å²) in [6, 6.07) is 4.77. The Hall–Kier alpha value is -1.12. The fraction of sp³-hybridized carbons (Fsp3) is 0.533. The highest BCUT2D eigenvalue weighted by atomic mass is 79.9. The van der Waals surface area contributed by atoms with Gasteiger partial charge < -0.3 is 9.64 Å². The molecule has 1 heterocycles. The Morgan fingerprint density at radius 3 is 2.61 bits per heavy atom. The molecule has 1 amide bonds. The smallest absolute Gasteiger partial charge is 0.409 e. The molecule has 6 nitrogen and oxygen atoms in total. The minimum Gasteiger partial charge on any atom is -0.450 e. The van der Waals surface area contributed by atoms with E-state index < -0.39 is 10.0 Å². The van der Waals surface area contributed by atoms with Crippen molar-refractivity contribution in [2.45, 2.75) is 37.6 Å². The lowest BCUT2D eigenvalue weighted by molar-refractivity contribution is 0.0966. The van der Waals surface area contributed by atoms with Gasteiger partial charge in [-0.2, -0.15) is 0 Å². The highest BCUT2D eigenvalue weighted by Crippen LogP contribution is 2.21. The largest absolute Gasteiger partial charge is 0.450 e. The van der Waals surface area contributed by atoms with Crippen LogP contribution in [0.1, 0.15) is 25.3 Å². The zero-order valence-electron chi connectivity index (χ0n) is 13.2. The molecule has 1 saturated heterocycles. The Balaban J connectivity index is 1.97. The third-order valence-electron chi connectivity index (χ3n) is 3.78. The second-order valence-corrected chi connectivity index (χ2v) is 8.06. The van der Waals surface area contributed by atoms with E-state index in [-0.39, 0.29) is 17.0 Å². The summed E-state index contributed by atoms with van der Waals surface area (Å²) in [6.45, 7) is 4.94. The van der Waals surface area contributed by atoms with E-state index >= 15 is 0 Å². The highest BCUT2D eigenvalue weighted by Gasteiger charge is 2.27. The van der Waals surface area contributed by atoms with Crippen molar-refractivity contribution in [3.8, 4) is 0 Å². The maximum atomic E-state index is 12.5. The lowest BCUT2D eigenvalue weighted by Crippen LogP contribution is -2.46. The topological polar surface area (TPSA) is 75.7 Å². The lowest BCUT2D eigenvalue weighted by atomic mass is 10.1. The summed E-state index contributed by atoms with van der Waals surface area (Å²) in [7, 11) is -3.55. The maximum Gasteiger partial charge on any atom is 0.409 e. The molecule has 1 aromatic carbocycles. The van der Waals surface area contributed by atoms with Crippen molar-refractivity contribution in [1.29, 1.82) is 0 Å². The number of sulfonamides is 1. The number of piperidine rings is 1. The Kier molecular flexibility index (Phi) is 6.05. The lowest BCUT2D eigenvalue weighted by Gasteiger charge is -2.31. The Morgan fingerprint density at radius 2 is 2.04 bits per heavy atom. The number of halogens is 1. The maximum absolute atomic E-state index is 12.5. The van der Waals surface area contributed by atoms with Crippen molar-refractivity contribution in [2.75, 3.05) is 19.7 Å². The van der Waals surface area contributed by atoms with Gasteiger partial charge in [0.25, 0.3) is 0 Å². The number of aryl methyl sites for hydroxylation is 1. The summed E-state index contributed by atoms with van der Waals surface area (Å²) in [5.74, 6) is 0. The summed E-state index contributed by atoms with van der Waals surface area (Å²) < 4.78 is 33.5. The predicted octanol–water partition coefficient (Wildman–Crippen LogP) is 2.66. The monoisotopic (exact) mass is 404 g/mol. The molecule has 0 aliphatic carbocycles. The fourth-order valence-electron chi connectivity index (χ4n) is 2.47. The van der Waals surface area contributed by atoms with Crippen molar-refractivity contribution >= 4 is 32.0 Å². The van der Waals surface area contributed by atoms with Crippen molar-refractivity contribution in [1.82, 2.24) is 9.62 Å². The van der Waals surface area contributed by atoms with Gasteiger partial charge in [-0.1, -0.05) is 15.9 Å². The molecule has 0 saturated carbocycles. The molecule has 1 fully saturated rings. The molecule has 0 unspecified atom stereocenters. The molecule has 1 aromatic rings. The van der Waals surface area contributed by atoms with Crippen LogP contribution in [0.4, 0.5) is 4.79 Å². The first-order chi connectivity index (χ1) is 10.8. The fourth-order valence-corrected chi connectivity index (χ4v) is 4.10. The van der Waals surface area contributed by atoms with Gasteiger partial charge >= 0.3 is 6.09 Å². The molecule has 1 aliphatic rings. The minimum absolute atomic E-state index is 0.172. The van der Waals surface area contributed by atoms with Crippen molar-refractivity contribution in [2.24, 2.45) is 0 Å². The van der Waals surface area contributed by atoms with Crippen LogP contribution >= 0.6 is 15.9 Å². The molecular weight excluding hydrogens is 384 g/mol. The van der Waals surface area contributed by atoms with E-state index in [4.69, 9.17) is 4.74 Å². The zero-order valence-corrected chi connectivity index (χ0v) is 15.6. The number of rotatable bonds is 4. The summed E-state index contributed by atoms with van der Waals surface area (Å²) in [4.78, 5) is 13.5. The Bertz CT molecular complexity index is 670. The first-order valence-corrected chi connectivity index (χ1v) is 9.81. The molecule has 8 heteroatoms. The van der Waals surface area contributed by atoms with Crippen LogP contribution in [0.5, 0.6) is 0 Å². The average Bonchev–Trinajstić information content (AvgIpc) is 2.50. The SMILES string of the molecule is CCOC(=O)N1CCC(NS(=O)(=O)c2ccc(Br)c(C)c2)CC1. The number of benzene rings is 1. The van der Waals surface area contributed by atoms with Crippen LogP contribution in [0.3, 0.4) is 0 Å². The van der Waals surface area contributed by atoms with Crippen LogP contribution in [0.15, 0.2) is 27.6 Å². The number of carbonyl (C=O) groups is 1. The first kappa shape index (κ1) is 18.2. The second kappa shape index (κ2) is 7.63. The molecule has 0 radical (unpaired) electrons. The number of ether oxygens (including phenoxy) is 1. The van der Waals surface area contributed by atoms with E-state index in [1.807, 2.05) is 6.92 Å². The normalized spacial score (nSPS) is 16.4. The van der Waals surface area contributed by atoms with Gasteiger partial charge in [0.1, 0.15) is 0 Å². The number of amides is 1. The third-order valence-corrected chi connectivity index (χ3v) is 6.19. The average molecular weight is 405 g/mol. The quantitative estimate of drug-likeness (QED) is 0.836. The van der Waals surface area contributed by atoms with Crippen molar-refractivity contribution < 1.29 is 17.9 Å². The zero-order chi connectivity index (χ0) is 17.0. The van der Waals surface area contributed by atoms with Gasteiger partial charge in [0, 0.05) is 23.6 Å². The molecular formula is C15H21BrN2O4S. The van der Waals surface area contributed by atoms with Gasteiger partial charge in [0.05, 0.1) is 11.5 Å². The van der Waals surface area contributed by atoms with E-state index in [1.54, 1.807) is 30.0 Å². The van der Waals surface area contributed by atoms with Crippen molar-refractivity contribution in [3.05, 3.63) is 28.2 Å². The van der Waals surface area contributed by atoms with Crippen LogP contribution in [-0.2, 0) is 14.8 Å². The molecule has 0 atom stereocenters. The van der Waals surface area contributed by atoms with E-state index in [0.717, 1.165) is 10.0 Å². The van der Waals surface area contributed by atoms with Gasteiger partial charge in [-0.25, -0.2) is 17.9 Å². The van der Waals surface area contributed by atoms with E-state index in [9.17, 15) is 13.2 Å². The van der Waals surface area contributed by atoms with Gasteiger partial charge in [-0.05, 0) is 50.5 Å². The van der Waals surface area contributed by atoms with Gasteiger partial charge in [-0.15, -0.1) is 0 Å². The molecule has 0 bridgehead atoms. The van der Waals surface area contributed by atoms with E-state index in [2.05, 4.69) is 20.7 Å². The van der Waals surface area contributed by atoms with Crippen LogP contribution in [-0.4, -0.2) is 45.1 Å². The number of likely N-dealkylation sites (tertiary alicyclic amines) is 1. The number of carbonyl (C=O) groups excluding carboxylic acids is 1. The first-order valence-electron chi connectivity index (χ1n) is 7.53. The Morgan fingerprint density at radius 1 is 1.39 bits per heavy atom. The Labute approximate surface area is 145 Å². The standard InChI is InChI=1S/C15H21BrN2O4S/c1-3-22-15(19)18-8-6-12(7-9-18)17-23(20,21)13-4-5-14(16)11(2)10-13/h4-5,10,12,17H,3,6-9H2,1-2H3. The van der Waals surface area contributed by atoms with Crippen LogP contribution in [0.2, 0.25) is 0 Å². The van der Waals surface area contributed by atoms with Gasteiger partial charge in [-0.3, -0.25) is 0 Å². The van der Waals surface area contributed by atoms with E-state index in [0.29, 0.717) is 32.5 Å². The minimum atomic E-state index is -3.55. The van der Waals surface area contributed by atoms with Gasteiger partial charge in [0.15, 0.2) is 0 Å². The predicted molar refractivity (Wildman–Crippen MR) is 90.8 cm³/mol. The van der Waals surface area contributed by atoms with Gasteiger partial charge in [0.2, 0.25) is 10.0 Å². The molecule has 128 valence electrons. The van der Waals surface area contributed by atoms with E-state index in [1.165, 1.54) is 0 Å². The molecule has 0 spiro atoms. The summed E-state index contributed by atoms with van der Waals surface area (Å²) in [5, 5.41) is 0. The number of hydrogen-bond acceptors (Lipinski definition) is 4. The molecule has 1 aliphatic heterocycles. The number of nitrogens with one attached hydrogen (secondary N) is 1. The molecule has 1 N–H and O–H groups in total. The summed E-state index contributed by atoms with van der Waals surface area (Å²) in [5.41, 5.74) is 0.866. The number of nitrogens with zero attached hydrogens (tertiary/aromatic N) is 1. The third kappa shape index (κ3) is 4.68. The molecule has 0 aromatic heterocycles. The molecule has 2 rings (SSSR count).